The molecule has 0 aromatic carbocycles. The molecule has 3 aromatic rings. The maximum absolute atomic E-state index is 11.7. The Kier molecular flexibility index (Phi) is 3.27. The minimum atomic E-state index is -0.117. The third kappa shape index (κ3) is 2.42. The number of nitrogens with zero attached hydrogens (tertiary/aromatic N) is 4. The van der Waals surface area contributed by atoms with Gasteiger partial charge >= 0.3 is 0 Å². The van der Waals surface area contributed by atoms with Crippen LogP contribution in [0.2, 0.25) is 0 Å². The van der Waals surface area contributed by atoms with Gasteiger partial charge < -0.3 is 20.0 Å². The van der Waals surface area contributed by atoms with Crippen LogP contribution in [0.3, 0.4) is 0 Å². The Hall–Kier alpha value is -2.90. The zero-order valence-corrected chi connectivity index (χ0v) is 11.4. The molecule has 8 heteroatoms. The zero-order valence-electron chi connectivity index (χ0n) is 11.4. The Morgan fingerprint density at radius 2 is 2.33 bits per heavy atom. The van der Waals surface area contributed by atoms with Gasteiger partial charge in [-0.3, -0.25) is 4.79 Å². The molecule has 0 bridgehead atoms. The minimum absolute atomic E-state index is 0.103. The molecule has 0 saturated heterocycles. The van der Waals surface area contributed by atoms with Crippen LogP contribution in [0.4, 0.5) is 5.95 Å². The second-order valence-electron chi connectivity index (χ2n) is 4.41. The van der Waals surface area contributed by atoms with E-state index in [1.165, 1.54) is 0 Å². The molecule has 21 heavy (non-hydrogen) atoms. The number of nitrogen functional groups attached to an aromatic ring is 1. The Morgan fingerprint density at radius 1 is 1.48 bits per heavy atom. The average molecular weight is 286 g/mol. The number of nitrogens with one attached hydrogen (secondary N) is 1. The number of amides is 1. The largest absolute Gasteiger partial charge is 0.463 e. The number of imidazole rings is 1. The first-order valence-electron chi connectivity index (χ1n) is 6.48. The molecule has 3 heterocycles. The predicted octanol–water partition coefficient (Wildman–Crippen LogP) is 0.805. The van der Waals surface area contributed by atoms with Crippen LogP contribution < -0.4 is 11.1 Å². The molecule has 8 nitrogen and oxygen atoms in total. The van der Waals surface area contributed by atoms with Crippen molar-refractivity contribution >= 4 is 23.0 Å². The lowest BCUT2D eigenvalue weighted by molar-refractivity contribution is -0.121. The summed E-state index contributed by atoms with van der Waals surface area (Å²) in [7, 11) is 0. The van der Waals surface area contributed by atoms with Gasteiger partial charge in [0.1, 0.15) is 17.8 Å². The molecular formula is C13H14N6O2. The third-order valence-corrected chi connectivity index (χ3v) is 2.92. The van der Waals surface area contributed by atoms with E-state index in [0.717, 1.165) is 0 Å². The van der Waals surface area contributed by atoms with E-state index in [2.05, 4.69) is 20.3 Å². The quantitative estimate of drug-likeness (QED) is 0.733. The van der Waals surface area contributed by atoms with Crippen LogP contribution >= 0.6 is 0 Å². The van der Waals surface area contributed by atoms with E-state index < -0.39 is 0 Å². The van der Waals surface area contributed by atoms with Crippen LogP contribution in [-0.2, 0) is 11.3 Å². The van der Waals surface area contributed by atoms with Crippen LogP contribution in [0, 0.1) is 0 Å². The summed E-state index contributed by atoms with van der Waals surface area (Å²) >= 11 is 0. The van der Waals surface area contributed by atoms with Crippen molar-refractivity contribution in [3.63, 3.8) is 0 Å². The number of aromatic nitrogens is 4. The molecule has 3 N–H and O–H groups in total. The van der Waals surface area contributed by atoms with Crippen LogP contribution in [0.15, 0.2) is 29.1 Å². The summed E-state index contributed by atoms with van der Waals surface area (Å²) in [5.74, 6) is 0.539. The fourth-order valence-corrected chi connectivity index (χ4v) is 2.07. The number of carbonyl (C=O) groups is 1. The zero-order chi connectivity index (χ0) is 14.8. The number of rotatable bonds is 4. The Morgan fingerprint density at radius 3 is 3.05 bits per heavy atom. The van der Waals surface area contributed by atoms with Gasteiger partial charge in [0.05, 0.1) is 12.6 Å². The Labute approximate surface area is 120 Å². The highest BCUT2D eigenvalue weighted by Gasteiger charge is 2.16. The number of furan rings is 1. The monoisotopic (exact) mass is 286 g/mol. The standard InChI is InChI=1S/C13H14N6O2/c1-2-15-9(20)6-19-7-16-11-10(8-4-3-5-21-8)17-13(14)18-12(11)19/h3-5,7H,2,6H2,1H3,(H,15,20)(H2,14,17,18). The molecule has 3 rings (SSSR count). The second-order valence-corrected chi connectivity index (χ2v) is 4.41. The Balaban J connectivity index is 2.08. The van der Waals surface area contributed by atoms with E-state index in [9.17, 15) is 4.79 Å². The topological polar surface area (TPSA) is 112 Å². The molecular weight excluding hydrogens is 272 g/mol. The molecule has 0 fully saturated rings. The van der Waals surface area contributed by atoms with Gasteiger partial charge in [-0.2, -0.15) is 4.98 Å². The molecule has 3 aromatic heterocycles. The molecule has 0 spiro atoms. The smallest absolute Gasteiger partial charge is 0.240 e. The molecule has 0 atom stereocenters. The normalized spacial score (nSPS) is 10.9. The van der Waals surface area contributed by atoms with Crippen LogP contribution in [0.5, 0.6) is 0 Å². The van der Waals surface area contributed by atoms with Crippen molar-refractivity contribution < 1.29 is 9.21 Å². The van der Waals surface area contributed by atoms with Gasteiger partial charge in [-0.15, -0.1) is 0 Å². The number of hydrogen-bond donors (Lipinski definition) is 2. The van der Waals surface area contributed by atoms with Crippen LogP contribution in [-0.4, -0.2) is 32.0 Å². The summed E-state index contributed by atoms with van der Waals surface area (Å²) in [6, 6.07) is 3.52. The highest BCUT2D eigenvalue weighted by molar-refractivity contribution is 5.87. The minimum Gasteiger partial charge on any atom is -0.463 e. The predicted molar refractivity (Wildman–Crippen MR) is 76.1 cm³/mol. The first kappa shape index (κ1) is 13.1. The van der Waals surface area contributed by atoms with Gasteiger partial charge in [-0.25, -0.2) is 9.97 Å². The van der Waals surface area contributed by atoms with Gasteiger partial charge in [-0.05, 0) is 19.1 Å². The summed E-state index contributed by atoms with van der Waals surface area (Å²) in [6.07, 6.45) is 3.09. The van der Waals surface area contributed by atoms with Crippen molar-refractivity contribution in [2.45, 2.75) is 13.5 Å². The van der Waals surface area contributed by atoms with E-state index in [0.29, 0.717) is 29.2 Å². The molecule has 0 radical (unpaired) electrons. The van der Waals surface area contributed by atoms with Crippen LogP contribution in [0.25, 0.3) is 22.6 Å². The summed E-state index contributed by atoms with van der Waals surface area (Å²) < 4.78 is 6.97. The SMILES string of the molecule is CCNC(=O)Cn1cnc2c(-c3ccco3)nc(N)nc21. The number of nitrogens with two attached hydrogens (primary N) is 1. The maximum Gasteiger partial charge on any atom is 0.240 e. The number of carbonyl (C=O) groups excluding carboxylic acids is 1. The van der Waals surface area contributed by atoms with E-state index in [4.69, 9.17) is 10.2 Å². The Bertz CT molecular complexity index is 777. The van der Waals surface area contributed by atoms with E-state index >= 15 is 0 Å². The van der Waals surface area contributed by atoms with Crippen LogP contribution in [0.1, 0.15) is 6.92 Å². The molecule has 1 amide bonds. The maximum atomic E-state index is 11.7. The highest BCUT2D eigenvalue weighted by atomic mass is 16.3. The third-order valence-electron chi connectivity index (χ3n) is 2.92. The molecule has 0 saturated carbocycles. The highest BCUT2D eigenvalue weighted by Crippen LogP contribution is 2.25. The van der Waals surface area contributed by atoms with Gasteiger partial charge in [0.25, 0.3) is 0 Å². The van der Waals surface area contributed by atoms with Crippen molar-refractivity contribution in [1.29, 1.82) is 0 Å². The lowest BCUT2D eigenvalue weighted by Gasteiger charge is -2.05. The first-order valence-corrected chi connectivity index (χ1v) is 6.48. The summed E-state index contributed by atoms with van der Waals surface area (Å²) in [5.41, 5.74) is 7.30. The van der Waals surface area contributed by atoms with Crippen molar-refractivity contribution in [1.82, 2.24) is 24.8 Å². The number of anilines is 1. The molecule has 0 unspecified atom stereocenters. The summed E-state index contributed by atoms with van der Waals surface area (Å²) in [4.78, 5) is 24.3. The van der Waals surface area contributed by atoms with E-state index in [-0.39, 0.29) is 18.4 Å². The van der Waals surface area contributed by atoms with E-state index in [1.54, 1.807) is 29.3 Å². The second kappa shape index (κ2) is 5.23. The lowest BCUT2D eigenvalue weighted by atomic mass is 10.3. The molecule has 108 valence electrons. The average Bonchev–Trinajstić information content (AvgIpc) is 3.09. The number of likely N-dealkylation sites (N-methyl/N-ethyl adjacent to an activating group) is 1. The lowest BCUT2D eigenvalue weighted by Crippen LogP contribution is -2.27. The van der Waals surface area contributed by atoms with Gasteiger partial charge in [0.2, 0.25) is 11.9 Å². The van der Waals surface area contributed by atoms with Gasteiger partial charge in [0, 0.05) is 6.54 Å². The van der Waals surface area contributed by atoms with Crippen molar-refractivity contribution in [3.05, 3.63) is 24.7 Å². The van der Waals surface area contributed by atoms with Gasteiger partial charge in [-0.1, -0.05) is 0 Å². The number of fused-ring (bicyclic) bond motifs is 1. The molecule has 0 aliphatic rings. The summed E-state index contributed by atoms with van der Waals surface area (Å²) in [5, 5.41) is 2.72. The number of hydrogen-bond acceptors (Lipinski definition) is 6. The van der Waals surface area contributed by atoms with Crippen molar-refractivity contribution in [2.75, 3.05) is 12.3 Å². The molecule has 0 aliphatic carbocycles. The fourth-order valence-electron chi connectivity index (χ4n) is 2.07. The van der Waals surface area contributed by atoms with E-state index in [1.807, 2.05) is 6.92 Å². The fraction of sp³-hybridized carbons (Fsp3) is 0.231. The van der Waals surface area contributed by atoms with Gasteiger partial charge in [0.15, 0.2) is 11.4 Å². The van der Waals surface area contributed by atoms with Crippen molar-refractivity contribution in [2.24, 2.45) is 0 Å². The van der Waals surface area contributed by atoms with Crippen molar-refractivity contribution in [3.8, 4) is 11.5 Å². The molecule has 0 aliphatic heterocycles. The first-order chi connectivity index (χ1) is 10.2. The summed E-state index contributed by atoms with van der Waals surface area (Å²) in [6.45, 7) is 2.55.